The highest BCUT2D eigenvalue weighted by molar-refractivity contribution is 7.57. The van der Waals surface area contributed by atoms with Gasteiger partial charge in [0.25, 0.3) is 0 Å². The molecule has 0 aliphatic heterocycles. The highest BCUT2D eigenvalue weighted by Gasteiger charge is 2.16. The third-order valence-electron chi connectivity index (χ3n) is 3.40. The smallest absolute Gasteiger partial charge is 0.264 e. The Kier molecular flexibility index (Phi) is 4.76. The second kappa shape index (κ2) is 6.73. The summed E-state index contributed by atoms with van der Waals surface area (Å²) in [6, 6.07) is 14.3. The van der Waals surface area contributed by atoms with E-state index in [0.29, 0.717) is 16.6 Å². The number of hydrogen-bond donors (Lipinski definition) is 4. The van der Waals surface area contributed by atoms with Gasteiger partial charge < -0.3 is 0 Å². The molecule has 0 spiro atoms. The zero-order chi connectivity index (χ0) is 18.9. The quantitative estimate of drug-likeness (QED) is 0.363. The Balaban J connectivity index is 0.000000151. The Morgan fingerprint density at radius 1 is 0.769 bits per heavy atom. The van der Waals surface area contributed by atoms with E-state index < -0.39 is 15.2 Å². The molecule has 0 saturated heterocycles. The van der Waals surface area contributed by atoms with Crippen molar-refractivity contribution in [2.45, 2.75) is 0 Å². The maximum absolute atomic E-state index is 11.4. The highest BCUT2D eigenvalue weighted by Crippen LogP contribution is 2.32. The van der Waals surface area contributed by atoms with E-state index in [0.717, 1.165) is 9.97 Å². The number of aromatic nitrogens is 5. The fourth-order valence-electron chi connectivity index (χ4n) is 2.28. The summed E-state index contributed by atoms with van der Waals surface area (Å²) >= 11 is 0. The van der Waals surface area contributed by atoms with Gasteiger partial charge in [0.05, 0.1) is 16.6 Å². The lowest BCUT2D eigenvalue weighted by molar-refractivity contribution is 0.564. The summed E-state index contributed by atoms with van der Waals surface area (Å²) in [5.74, 6) is 0. The van der Waals surface area contributed by atoms with Crippen LogP contribution in [0.15, 0.2) is 54.9 Å². The van der Waals surface area contributed by atoms with Gasteiger partial charge in [-0.1, -0.05) is 29.5 Å². The van der Waals surface area contributed by atoms with Gasteiger partial charge in [0, 0.05) is 0 Å². The topological polar surface area (TPSA) is 187 Å². The molecule has 0 saturated carbocycles. The van der Waals surface area contributed by atoms with Gasteiger partial charge in [0.1, 0.15) is 11.8 Å². The van der Waals surface area contributed by atoms with E-state index >= 15 is 0 Å². The van der Waals surface area contributed by atoms with Crippen LogP contribution in [0, 0.1) is 0 Å². The predicted molar refractivity (Wildman–Crippen MR) is 100 cm³/mol. The molecular weight excluding hydrogens is 376 g/mol. The zero-order valence-corrected chi connectivity index (χ0v) is 15.2. The van der Waals surface area contributed by atoms with Crippen LogP contribution in [0.3, 0.4) is 0 Å². The number of rotatable bonds is 2. The summed E-state index contributed by atoms with van der Waals surface area (Å²) in [5.41, 5.74) is 23.8. The first kappa shape index (κ1) is 18.4. The van der Waals surface area contributed by atoms with Crippen molar-refractivity contribution in [2.75, 3.05) is 0 Å². The summed E-state index contributed by atoms with van der Waals surface area (Å²) < 4.78 is 25.0. The molecule has 11 nitrogen and oxygen atoms in total. The summed E-state index contributed by atoms with van der Waals surface area (Å²) in [7, 11) is -6.63. The van der Waals surface area contributed by atoms with E-state index in [2.05, 4.69) is 15.3 Å². The van der Waals surface area contributed by atoms with Crippen LogP contribution in [0.4, 0.5) is 0 Å². The Morgan fingerprint density at radius 2 is 1.35 bits per heavy atom. The maximum atomic E-state index is 11.4. The minimum absolute atomic E-state index is 0.579. The molecule has 0 amide bonds. The Hall–Kier alpha value is -2.39. The zero-order valence-electron chi connectivity index (χ0n) is 13.5. The minimum atomic E-state index is -3.37. The summed E-state index contributed by atoms with van der Waals surface area (Å²) in [4.78, 5) is 4.02. The number of nitrogens with two attached hydrogens (primary N) is 4. The molecule has 4 aromatic rings. The van der Waals surface area contributed by atoms with Gasteiger partial charge in [-0.15, -0.1) is 5.10 Å². The van der Waals surface area contributed by atoms with Crippen LogP contribution in [0.25, 0.3) is 22.1 Å². The summed E-state index contributed by atoms with van der Waals surface area (Å²) in [5, 5.41) is 7.39. The lowest BCUT2D eigenvalue weighted by Gasteiger charge is -2.07. The average molecular weight is 393 g/mol. The number of imidazole rings is 1. The number of fused-ring (bicyclic) bond motifs is 2. The van der Waals surface area contributed by atoms with Gasteiger partial charge >= 0.3 is 15.2 Å². The van der Waals surface area contributed by atoms with Crippen molar-refractivity contribution in [3.63, 3.8) is 0 Å². The van der Waals surface area contributed by atoms with Crippen molar-refractivity contribution in [2.24, 2.45) is 22.0 Å². The molecule has 0 unspecified atom stereocenters. The van der Waals surface area contributed by atoms with Crippen LogP contribution in [0.2, 0.25) is 0 Å². The van der Waals surface area contributed by atoms with E-state index in [-0.39, 0.29) is 0 Å². The van der Waals surface area contributed by atoms with Gasteiger partial charge in [-0.3, -0.25) is 35.5 Å². The standard InChI is InChI=1S/C7H9N4OP.C6H8N5OP/c8-13(9,12)11-5-10-6-3-1-2-4-7(6)11;7-13(8,12)11-6-4-2-1-3-5(6)9-10-11/h1-5H,(H4,8,9,12);1-4H,(H4,7,8,12). The van der Waals surface area contributed by atoms with Gasteiger partial charge in [-0.25, -0.2) is 4.98 Å². The fourth-order valence-corrected chi connectivity index (χ4v) is 3.67. The van der Waals surface area contributed by atoms with Crippen LogP contribution in [-0.2, 0) is 9.13 Å². The van der Waals surface area contributed by atoms with Crippen LogP contribution >= 0.6 is 15.2 Å². The van der Waals surface area contributed by atoms with Gasteiger partial charge in [0.15, 0.2) is 0 Å². The molecule has 0 radical (unpaired) electrons. The van der Waals surface area contributed by atoms with E-state index in [1.165, 1.54) is 10.7 Å². The van der Waals surface area contributed by atoms with Gasteiger partial charge in [-0.2, -0.15) is 4.45 Å². The Labute approximate surface area is 148 Å². The number of para-hydroxylation sites is 3. The Bertz CT molecular complexity index is 1060. The van der Waals surface area contributed by atoms with Crippen LogP contribution in [0.1, 0.15) is 0 Å². The van der Waals surface area contributed by atoms with E-state index in [9.17, 15) is 9.13 Å². The highest BCUT2D eigenvalue weighted by atomic mass is 31.2. The molecule has 0 fully saturated rings. The van der Waals surface area contributed by atoms with Crippen LogP contribution in [0.5, 0.6) is 0 Å². The molecule has 0 atom stereocenters. The Morgan fingerprint density at radius 3 is 1.96 bits per heavy atom. The third kappa shape index (κ3) is 3.73. The van der Waals surface area contributed by atoms with E-state index in [1.807, 2.05) is 18.2 Å². The first-order valence-electron chi connectivity index (χ1n) is 7.26. The second-order valence-electron chi connectivity index (χ2n) is 5.39. The van der Waals surface area contributed by atoms with Crippen molar-refractivity contribution >= 4 is 37.3 Å². The SMILES string of the molecule is NP(N)(=O)n1cnc2ccccc21.NP(N)(=O)n1nnc2ccccc21. The number of nitrogens with zero attached hydrogens (tertiary/aromatic N) is 5. The predicted octanol–water partition coefficient (Wildman–Crippen LogP) is 1.21. The molecule has 13 heteroatoms. The number of hydrogen-bond acceptors (Lipinski definition) is 5. The normalized spacial score (nSPS) is 12.2. The van der Waals surface area contributed by atoms with E-state index in [4.69, 9.17) is 22.0 Å². The van der Waals surface area contributed by atoms with Crippen molar-refractivity contribution in [3.05, 3.63) is 54.9 Å². The monoisotopic (exact) mass is 393 g/mol. The van der Waals surface area contributed by atoms with Crippen molar-refractivity contribution in [1.29, 1.82) is 0 Å². The molecule has 2 aromatic carbocycles. The molecule has 0 aliphatic carbocycles. The van der Waals surface area contributed by atoms with Gasteiger partial charge in [0.2, 0.25) is 0 Å². The number of benzene rings is 2. The van der Waals surface area contributed by atoms with Crippen molar-refractivity contribution in [3.8, 4) is 0 Å². The molecule has 26 heavy (non-hydrogen) atoms. The van der Waals surface area contributed by atoms with Crippen molar-refractivity contribution < 1.29 is 9.13 Å². The molecule has 136 valence electrons. The maximum Gasteiger partial charge on any atom is 0.321 e. The molecule has 8 N–H and O–H groups in total. The molecule has 2 aromatic heterocycles. The third-order valence-corrected chi connectivity index (χ3v) is 5.28. The summed E-state index contributed by atoms with van der Waals surface area (Å²) in [6.07, 6.45) is 1.39. The molecule has 2 heterocycles. The fraction of sp³-hybridized carbons (Fsp3) is 0. The van der Waals surface area contributed by atoms with Gasteiger partial charge in [-0.05, 0) is 24.3 Å². The van der Waals surface area contributed by atoms with E-state index in [1.54, 1.807) is 30.3 Å². The molecular formula is C13H17N9O2P2. The van der Waals surface area contributed by atoms with Crippen molar-refractivity contribution in [1.82, 2.24) is 24.1 Å². The first-order chi connectivity index (χ1) is 12.2. The van der Waals surface area contributed by atoms with Crippen LogP contribution < -0.4 is 22.0 Å². The molecule has 0 aliphatic rings. The lowest BCUT2D eigenvalue weighted by atomic mass is 10.3. The minimum Gasteiger partial charge on any atom is -0.264 e. The molecule has 4 rings (SSSR count). The second-order valence-corrected chi connectivity index (χ2v) is 8.89. The summed E-state index contributed by atoms with van der Waals surface area (Å²) in [6.45, 7) is 0. The first-order valence-corrected chi connectivity index (χ1v) is 10.9. The van der Waals surface area contributed by atoms with Crippen LogP contribution in [-0.4, -0.2) is 24.1 Å². The molecule has 0 bridgehead atoms. The average Bonchev–Trinajstić information content (AvgIpc) is 3.19. The lowest BCUT2D eigenvalue weighted by Crippen LogP contribution is -2.14. The largest absolute Gasteiger partial charge is 0.321 e.